The van der Waals surface area contributed by atoms with Gasteiger partial charge in [0.05, 0.1) is 24.5 Å². The number of nitrogens with one attached hydrogen (secondary N) is 3. The molecule has 0 spiro atoms. The van der Waals surface area contributed by atoms with E-state index in [2.05, 4.69) is 16.0 Å². The number of hydrogen-bond donors (Lipinski definition) is 4. The molecule has 0 radical (unpaired) electrons. The van der Waals surface area contributed by atoms with Crippen LogP contribution in [0.5, 0.6) is 0 Å². The van der Waals surface area contributed by atoms with E-state index < -0.39 is 16.4 Å². The second-order valence-corrected chi connectivity index (χ2v) is 7.65. The summed E-state index contributed by atoms with van der Waals surface area (Å²) < 4.78 is 4.17. The molecule has 7 nitrogen and oxygen atoms in total. The minimum absolute atomic E-state index is 0.347. The lowest BCUT2D eigenvalue weighted by Gasteiger charge is -2.20. The van der Waals surface area contributed by atoms with Gasteiger partial charge in [-0.05, 0) is 24.1 Å². The van der Waals surface area contributed by atoms with Gasteiger partial charge in [-0.1, -0.05) is 23.2 Å². The number of hydrogen-bond acceptors (Lipinski definition) is 5. The molecule has 0 fully saturated rings. The van der Waals surface area contributed by atoms with Crippen LogP contribution in [0, 0.1) is 0 Å². The van der Waals surface area contributed by atoms with Crippen LogP contribution >= 0.6 is 34.5 Å². The molecule has 10 heteroatoms. The number of carbonyl (C=O) groups is 2. The Hall–Kier alpha value is -1.74. The van der Waals surface area contributed by atoms with Crippen LogP contribution in [0.15, 0.2) is 24.0 Å². The highest BCUT2D eigenvalue weighted by molar-refractivity contribution is 7.17. The fraction of sp³-hybridized carbons (Fsp3) is 0.286. The van der Waals surface area contributed by atoms with Gasteiger partial charge in [0.25, 0.3) is 5.91 Å². The zero-order chi connectivity index (χ0) is 17.3. The van der Waals surface area contributed by atoms with Crippen molar-refractivity contribution < 1.29 is 14.3 Å². The highest BCUT2D eigenvalue weighted by Crippen LogP contribution is 2.36. The van der Waals surface area contributed by atoms with Gasteiger partial charge in [-0.15, -0.1) is 11.3 Å². The molecule has 128 valence electrons. The second kappa shape index (κ2) is 6.64. The molecule has 0 bridgehead atoms. The minimum Gasteiger partial charge on any atom is -0.376 e. The van der Waals surface area contributed by atoms with Crippen LogP contribution in [0.4, 0.5) is 9.80 Å². The van der Waals surface area contributed by atoms with Crippen molar-refractivity contribution in [1.82, 2.24) is 10.6 Å². The van der Waals surface area contributed by atoms with Crippen LogP contribution in [0.1, 0.15) is 20.8 Å². The third kappa shape index (κ3) is 3.67. The Labute approximate surface area is 151 Å². The summed E-state index contributed by atoms with van der Waals surface area (Å²) in [5.74, 6) is -0.572. The van der Waals surface area contributed by atoms with E-state index in [9.17, 15) is 9.59 Å². The predicted molar refractivity (Wildman–Crippen MR) is 93.1 cm³/mol. The predicted octanol–water partition coefficient (Wildman–Crippen LogP) is 2.17. The first-order valence-electron chi connectivity index (χ1n) is 7.01. The molecule has 1 aromatic rings. The largest absolute Gasteiger partial charge is 0.376 e. The lowest BCUT2D eigenvalue weighted by atomic mass is 10.1. The van der Waals surface area contributed by atoms with E-state index in [4.69, 9.17) is 33.7 Å². The van der Waals surface area contributed by atoms with Crippen LogP contribution < -0.4 is 21.7 Å². The Morgan fingerprint density at radius 2 is 2.17 bits per heavy atom. The molecule has 0 atom stereocenters. The SMILES string of the molecule is NC(=O)c1c(NC(=O)NC2=CNC(Cl)(Cl)C=C2)sc2c1CCOC2. The number of fused-ring (bicyclic) bond motifs is 1. The normalized spacial score (nSPS) is 18.2. The summed E-state index contributed by atoms with van der Waals surface area (Å²) in [7, 11) is 0. The molecule has 1 aromatic heterocycles. The van der Waals surface area contributed by atoms with Gasteiger partial charge in [0.1, 0.15) is 5.00 Å². The maximum absolute atomic E-state index is 12.2. The van der Waals surface area contributed by atoms with E-state index in [-0.39, 0.29) is 0 Å². The number of allylic oxidation sites excluding steroid dienone is 1. The number of alkyl halides is 2. The zero-order valence-corrected chi connectivity index (χ0v) is 14.6. The average Bonchev–Trinajstić information content (AvgIpc) is 2.87. The maximum Gasteiger partial charge on any atom is 0.324 e. The second-order valence-electron chi connectivity index (χ2n) is 5.15. The zero-order valence-electron chi connectivity index (χ0n) is 12.3. The van der Waals surface area contributed by atoms with Crippen molar-refractivity contribution in [3.8, 4) is 0 Å². The topological polar surface area (TPSA) is 105 Å². The Kier molecular flexibility index (Phi) is 4.73. The standard InChI is InChI=1S/C14H14Cl2N4O3S/c15-14(16)3-1-7(5-18-14)19-13(22)20-12-10(11(17)21)8-2-4-23-6-9(8)24-12/h1,3,5,18H,2,4,6H2,(H2,17,21)(H2,19,20,22). The molecule has 24 heavy (non-hydrogen) atoms. The van der Waals surface area contributed by atoms with E-state index in [1.807, 2.05) is 0 Å². The monoisotopic (exact) mass is 388 g/mol. The van der Waals surface area contributed by atoms with Crippen LogP contribution in [0.25, 0.3) is 0 Å². The van der Waals surface area contributed by atoms with E-state index in [0.717, 1.165) is 10.4 Å². The van der Waals surface area contributed by atoms with Gasteiger partial charge in [0, 0.05) is 11.1 Å². The van der Waals surface area contributed by atoms with Crippen molar-refractivity contribution in [2.75, 3.05) is 11.9 Å². The summed E-state index contributed by atoms with van der Waals surface area (Å²) in [6.45, 7) is 0.937. The average molecular weight is 389 g/mol. The first kappa shape index (κ1) is 17.1. The third-order valence-corrected chi connectivity index (χ3v) is 5.04. The van der Waals surface area contributed by atoms with Crippen molar-refractivity contribution in [3.63, 3.8) is 0 Å². The summed E-state index contributed by atoms with van der Waals surface area (Å²) in [5.41, 5.74) is 7.13. The number of urea groups is 1. The Morgan fingerprint density at radius 3 is 2.83 bits per heavy atom. The van der Waals surface area contributed by atoms with Crippen LogP contribution in [-0.4, -0.2) is 23.0 Å². The maximum atomic E-state index is 12.2. The molecule has 0 saturated heterocycles. The van der Waals surface area contributed by atoms with E-state index in [1.165, 1.54) is 23.6 Å². The molecule has 3 heterocycles. The van der Waals surface area contributed by atoms with Gasteiger partial charge in [-0.25, -0.2) is 4.79 Å². The lowest BCUT2D eigenvalue weighted by molar-refractivity contribution is 0.0991. The van der Waals surface area contributed by atoms with Crippen molar-refractivity contribution in [2.45, 2.75) is 17.5 Å². The van der Waals surface area contributed by atoms with E-state index in [1.54, 1.807) is 6.08 Å². The molecule has 3 rings (SSSR count). The first-order chi connectivity index (χ1) is 11.4. The molecule has 2 aliphatic rings. The van der Waals surface area contributed by atoms with Gasteiger partial charge < -0.3 is 21.1 Å². The number of halogens is 2. The number of primary amides is 1. The molecule has 0 aliphatic carbocycles. The van der Waals surface area contributed by atoms with E-state index >= 15 is 0 Å². The summed E-state index contributed by atoms with van der Waals surface area (Å²) in [6, 6.07) is -0.508. The summed E-state index contributed by atoms with van der Waals surface area (Å²) in [6.07, 6.45) is 5.13. The summed E-state index contributed by atoms with van der Waals surface area (Å²) in [5, 5.41) is 8.39. The molecular weight excluding hydrogens is 375 g/mol. The van der Waals surface area contributed by atoms with Gasteiger partial charge in [0.2, 0.25) is 4.46 Å². The smallest absolute Gasteiger partial charge is 0.324 e. The number of rotatable bonds is 3. The summed E-state index contributed by atoms with van der Waals surface area (Å²) >= 11 is 13.0. The summed E-state index contributed by atoms with van der Waals surface area (Å²) in [4.78, 5) is 24.8. The number of thiophene rings is 1. The molecule has 3 amide bonds. The molecule has 0 aromatic carbocycles. The van der Waals surface area contributed by atoms with Crippen molar-refractivity contribution in [1.29, 1.82) is 0 Å². The molecule has 2 aliphatic heterocycles. The number of carbonyl (C=O) groups excluding carboxylic acids is 2. The number of ether oxygens (including phenoxy) is 1. The first-order valence-corrected chi connectivity index (χ1v) is 8.58. The highest BCUT2D eigenvalue weighted by Gasteiger charge is 2.26. The van der Waals surface area contributed by atoms with Gasteiger partial charge in [-0.2, -0.15) is 0 Å². The van der Waals surface area contributed by atoms with Crippen molar-refractivity contribution in [2.24, 2.45) is 5.73 Å². The van der Waals surface area contributed by atoms with E-state index in [0.29, 0.717) is 35.9 Å². The van der Waals surface area contributed by atoms with Crippen LogP contribution in [-0.2, 0) is 17.8 Å². The highest BCUT2D eigenvalue weighted by atomic mass is 35.5. The third-order valence-electron chi connectivity index (χ3n) is 3.44. The molecular formula is C14H14Cl2N4O3S. The van der Waals surface area contributed by atoms with Crippen molar-refractivity contribution >= 4 is 51.5 Å². The molecule has 0 unspecified atom stereocenters. The number of anilines is 1. The van der Waals surface area contributed by atoms with Crippen LogP contribution in [0.2, 0.25) is 0 Å². The Bertz CT molecular complexity index is 757. The lowest BCUT2D eigenvalue weighted by Crippen LogP contribution is -2.35. The fourth-order valence-corrected chi connectivity index (χ4v) is 3.81. The fourth-order valence-electron chi connectivity index (χ4n) is 2.39. The minimum atomic E-state index is -1.20. The quantitative estimate of drug-likeness (QED) is 0.470. The number of dihydropyridines is 1. The van der Waals surface area contributed by atoms with Gasteiger partial charge in [-0.3, -0.25) is 10.1 Å². The van der Waals surface area contributed by atoms with Crippen LogP contribution in [0.3, 0.4) is 0 Å². The van der Waals surface area contributed by atoms with Crippen molar-refractivity contribution in [3.05, 3.63) is 40.1 Å². The van der Waals surface area contributed by atoms with Gasteiger partial charge in [0.15, 0.2) is 0 Å². The number of amides is 3. The van der Waals surface area contributed by atoms with Gasteiger partial charge >= 0.3 is 6.03 Å². The molecule has 5 N–H and O–H groups in total. The Balaban J connectivity index is 1.73. The molecule has 0 saturated carbocycles. The number of nitrogens with two attached hydrogens (primary N) is 1. The Morgan fingerprint density at radius 1 is 1.38 bits per heavy atom.